The van der Waals surface area contributed by atoms with E-state index < -0.39 is 12.1 Å². The number of benzene rings is 1. The second kappa shape index (κ2) is 8.83. The van der Waals surface area contributed by atoms with Crippen LogP contribution in [0.3, 0.4) is 0 Å². The molecule has 2 amide bonds. The number of ether oxygens (including phenoxy) is 2. The van der Waals surface area contributed by atoms with Crippen molar-refractivity contribution in [2.45, 2.75) is 12.1 Å². The van der Waals surface area contributed by atoms with Gasteiger partial charge in [-0.1, -0.05) is 29.8 Å². The van der Waals surface area contributed by atoms with Gasteiger partial charge in [0.1, 0.15) is 6.61 Å². The lowest BCUT2D eigenvalue weighted by atomic mass is 9.99. The molecule has 1 heterocycles. The molecule has 0 unspecified atom stereocenters. The third-order valence-corrected chi connectivity index (χ3v) is 3.64. The van der Waals surface area contributed by atoms with Gasteiger partial charge in [0, 0.05) is 11.6 Å². The maximum atomic E-state index is 12.3. The first-order chi connectivity index (χ1) is 11.1. The average molecular weight is 343 g/mol. The Morgan fingerprint density at radius 1 is 1.43 bits per heavy atom. The molecule has 0 radical (unpaired) electrons. The van der Waals surface area contributed by atoms with E-state index in [2.05, 4.69) is 10.6 Å². The summed E-state index contributed by atoms with van der Waals surface area (Å²) >= 11 is 6.15. The highest BCUT2D eigenvalue weighted by Gasteiger charge is 2.36. The Morgan fingerprint density at radius 2 is 2.22 bits per heavy atom. The Balaban J connectivity index is 2.01. The molecule has 2 atom stereocenters. The Hall–Kier alpha value is -1.67. The minimum absolute atomic E-state index is 0.0692. The molecule has 8 heteroatoms. The van der Waals surface area contributed by atoms with E-state index in [0.717, 1.165) is 0 Å². The second-order valence-corrected chi connectivity index (χ2v) is 5.33. The number of hydrogen-bond donors (Lipinski definition) is 3. The number of amides is 2. The van der Waals surface area contributed by atoms with Crippen molar-refractivity contribution in [3.8, 4) is 0 Å². The van der Waals surface area contributed by atoms with E-state index in [4.69, 9.17) is 26.2 Å². The summed E-state index contributed by atoms with van der Waals surface area (Å²) in [4.78, 5) is 23.9. The SMILES string of the molecule is O=C1CO[C@H](C(=O)NCCOCCO)[C@@H](c2ccccc2Cl)N1. The van der Waals surface area contributed by atoms with Crippen LogP contribution >= 0.6 is 11.6 Å². The molecule has 0 aromatic heterocycles. The standard InChI is InChI=1S/C15H19ClN2O5/c16-11-4-2-1-3-10(11)13-14(23-9-12(20)18-13)15(21)17-5-7-22-8-6-19/h1-4,13-14,19H,5-9H2,(H,17,21)(H,18,20)/t13-,14+/m1/s1. The highest BCUT2D eigenvalue weighted by atomic mass is 35.5. The van der Waals surface area contributed by atoms with E-state index in [1.54, 1.807) is 24.3 Å². The molecule has 3 N–H and O–H groups in total. The number of nitrogens with one attached hydrogen (secondary N) is 2. The van der Waals surface area contributed by atoms with Crippen molar-refractivity contribution in [2.75, 3.05) is 33.0 Å². The van der Waals surface area contributed by atoms with Gasteiger partial charge in [-0.25, -0.2) is 0 Å². The molecule has 2 rings (SSSR count). The number of rotatable bonds is 7. The summed E-state index contributed by atoms with van der Waals surface area (Å²) in [6.45, 7) is 0.526. The van der Waals surface area contributed by atoms with Gasteiger partial charge in [0.15, 0.2) is 6.10 Å². The summed E-state index contributed by atoms with van der Waals surface area (Å²) in [5.74, 6) is -0.659. The molecule has 0 bridgehead atoms. The van der Waals surface area contributed by atoms with E-state index in [9.17, 15) is 9.59 Å². The van der Waals surface area contributed by atoms with E-state index in [0.29, 0.717) is 10.6 Å². The second-order valence-electron chi connectivity index (χ2n) is 4.93. The molecule has 1 aliphatic rings. The lowest BCUT2D eigenvalue weighted by molar-refractivity contribution is -0.148. The maximum Gasteiger partial charge on any atom is 0.251 e. The molecule has 7 nitrogen and oxygen atoms in total. The number of morpholine rings is 1. The number of carbonyl (C=O) groups is 2. The molecule has 1 aromatic carbocycles. The summed E-state index contributed by atoms with van der Waals surface area (Å²) < 4.78 is 10.5. The van der Waals surface area contributed by atoms with Gasteiger partial charge >= 0.3 is 0 Å². The normalized spacial score (nSPS) is 20.9. The van der Waals surface area contributed by atoms with Crippen LogP contribution in [0.5, 0.6) is 0 Å². The molecular formula is C15H19ClN2O5. The van der Waals surface area contributed by atoms with Gasteiger partial charge in [-0.05, 0) is 11.6 Å². The van der Waals surface area contributed by atoms with Crippen LogP contribution in [-0.2, 0) is 19.1 Å². The summed E-state index contributed by atoms with van der Waals surface area (Å²) in [5, 5.41) is 14.5. The summed E-state index contributed by atoms with van der Waals surface area (Å²) in [7, 11) is 0. The van der Waals surface area contributed by atoms with Gasteiger partial charge in [0.05, 0.1) is 25.9 Å². The van der Waals surface area contributed by atoms with Gasteiger partial charge in [-0.15, -0.1) is 0 Å². The zero-order valence-electron chi connectivity index (χ0n) is 12.5. The van der Waals surface area contributed by atoms with Crippen molar-refractivity contribution in [3.05, 3.63) is 34.9 Å². The van der Waals surface area contributed by atoms with Crippen molar-refractivity contribution in [2.24, 2.45) is 0 Å². The first kappa shape index (κ1) is 17.7. The Bertz CT molecular complexity index is 554. The summed E-state index contributed by atoms with van der Waals surface area (Å²) in [5.41, 5.74) is 0.624. The van der Waals surface area contributed by atoms with Gasteiger partial charge < -0.3 is 25.2 Å². The lowest BCUT2D eigenvalue weighted by Crippen LogP contribution is -2.52. The first-order valence-corrected chi connectivity index (χ1v) is 7.63. The van der Waals surface area contributed by atoms with E-state index in [-0.39, 0.29) is 44.8 Å². The number of carbonyl (C=O) groups excluding carboxylic acids is 2. The minimum atomic E-state index is -0.870. The van der Waals surface area contributed by atoms with Gasteiger partial charge in [-0.3, -0.25) is 9.59 Å². The quantitative estimate of drug-likeness (QED) is 0.607. The number of hydrogen-bond acceptors (Lipinski definition) is 5. The Kier molecular flexibility index (Phi) is 6.79. The largest absolute Gasteiger partial charge is 0.394 e. The predicted molar refractivity (Wildman–Crippen MR) is 83.0 cm³/mol. The van der Waals surface area contributed by atoms with Crippen molar-refractivity contribution in [1.29, 1.82) is 0 Å². The molecule has 1 fully saturated rings. The zero-order chi connectivity index (χ0) is 16.7. The number of aliphatic hydroxyl groups excluding tert-OH is 1. The fraction of sp³-hybridized carbons (Fsp3) is 0.467. The van der Waals surface area contributed by atoms with Crippen molar-refractivity contribution < 1.29 is 24.2 Å². The monoisotopic (exact) mass is 342 g/mol. The smallest absolute Gasteiger partial charge is 0.251 e. The molecule has 126 valence electrons. The zero-order valence-corrected chi connectivity index (χ0v) is 13.2. The number of aliphatic hydroxyl groups is 1. The topological polar surface area (TPSA) is 96.9 Å². The minimum Gasteiger partial charge on any atom is -0.394 e. The van der Waals surface area contributed by atoms with Gasteiger partial charge in [-0.2, -0.15) is 0 Å². The molecule has 0 aliphatic carbocycles. The van der Waals surface area contributed by atoms with Crippen LogP contribution in [0.15, 0.2) is 24.3 Å². The molecule has 0 saturated carbocycles. The summed E-state index contributed by atoms with van der Waals surface area (Å²) in [6, 6.07) is 6.33. The molecule has 1 aliphatic heterocycles. The van der Waals surface area contributed by atoms with Crippen LogP contribution in [0, 0.1) is 0 Å². The molecule has 1 aromatic rings. The predicted octanol–water partition coefficient (Wildman–Crippen LogP) is 0.0212. The fourth-order valence-electron chi connectivity index (χ4n) is 2.26. The van der Waals surface area contributed by atoms with Gasteiger partial charge in [0.2, 0.25) is 5.91 Å². The van der Waals surface area contributed by atoms with Crippen LogP contribution in [0.2, 0.25) is 5.02 Å². The van der Waals surface area contributed by atoms with Crippen molar-refractivity contribution in [1.82, 2.24) is 10.6 Å². The number of halogens is 1. The van der Waals surface area contributed by atoms with Crippen molar-refractivity contribution in [3.63, 3.8) is 0 Å². The lowest BCUT2D eigenvalue weighted by Gasteiger charge is -2.32. The van der Waals surface area contributed by atoms with Crippen LogP contribution in [0.4, 0.5) is 0 Å². The third kappa shape index (κ3) is 4.90. The maximum absolute atomic E-state index is 12.3. The van der Waals surface area contributed by atoms with Gasteiger partial charge in [0.25, 0.3) is 5.91 Å². The van der Waals surface area contributed by atoms with Crippen LogP contribution in [-0.4, -0.2) is 56.0 Å². The van der Waals surface area contributed by atoms with E-state index in [1.807, 2.05) is 0 Å². The van der Waals surface area contributed by atoms with E-state index in [1.165, 1.54) is 0 Å². The van der Waals surface area contributed by atoms with E-state index >= 15 is 0 Å². The highest BCUT2D eigenvalue weighted by Crippen LogP contribution is 2.28. The van der Waals surface area contributed by atoms with Crippen LogP contribution < -0.4 is 10.6 Å². The molecule has 23 heavy (non-hydrogen) atoms. The van der Waals surface area contributed by atoms with Crippen LogP contribution in [0.25, 0.3) is 0 Å². The Morgan fingerprint density at radius 3 is 2.96 bits per heavy atom. The fourth-order valence-corrected chi connectivity index (χ4v) is 2.51. The highest BCUT2D eigenvalue weighted by molar-refractivity contribution is 6.31. The third-order valence-electron chi connectivity index (χ3n) is 3.29. The molecule has 1 saturated heterocycles. The average Bonchev–Trinajstić information content (AvgIpc) is 2.55. The molecule has 0 spiro atoms. The molecular weight excluding hydrogens is 324 g/mol. The first-order valence-electron chi connectivity index (χ1n) is 7.25. The Labute approximate surface area is 138 Å². The van der Waals surface area contributed by atoms with Crippen molar-refractivity contribution >= 4 is 23.4 Å². The summed E-state index contributed by atoms with van der Waals surface area (Å²) in [6.07, 6.45) is -0.870. The van der Waals surface area contributed by atoms with Crippen LogP contribution in [0.1, 0.15) is 11.6 Å².